The number of aliphatic hydroxyl groups is 1. The number of hydrogen-bond acceptors (Lipinski definition) is 8. The van der Waals surface area contributed by atoms with Crippen LogP contribution in [0.5, 0.6) is 0 Å². The summed E-state index contributed by atoms with van der Waals surface area (Å²) in [5.74, 6) is -0.671. The largest absolute Gasteiger partial charge is 0.462 e. The van der Waals surface area contributed by atoms with E-state index in [1.165, 1.54) is 103 Å². The highest BCUT2D eigenvalue weighted by Crippen LogP contribution is 2.13. The highest BCUT2D eigenvalue weighted by atomic mass is 16.6. The van der Waals surface area contributed by atoms with E-state index in [-0.39, 0.29) is 38.3 Å². The number of carbonyl (C=O) groups is 3. The van der Waals surface area contributed by atoms with Crippen LogP contribution >= 0.6 is 0 Å². The van der Waals surface area contributed by atoms with E-state index >= 15 is 0 Å². The highest BCUT2D eigenvalue weighted by molar-refractivity contribution is 5.70. The molecule has 9 heteroatoms. The first kappa shape index (κ1) is 52.6. The average molecular weight is 779 g/mol. The van der Waals surface area contributed by atoms with Crippen LogP contribution in [0.4, 0.5) is 4.79 Å². The monoisotopic (exact) mass is 779 g/mol. The van der Waals surface area contributed by atoms with Gasteiger partial charge in [-0.25, -0.2) is 4.79 Å². The highest BCUT2D eigenvalue weighted by Gasteiger charge is 2.19. The van der Waals surface area contributed by atoms with E-state index in [1.54, 1.807) is 0 Å². The number of unbranched alkanes of at least 4 members (excludes halogenated alkanes) is 22. The van der Waals surface area contributed by atoms with E-state index in [0.29, 0.717) is 25.9 Å². The van der Waals surface area contributed by atoms with Crippen LogP contribution in [-0.4, -0.2) is 80.1 Å². The molecule has 0 spiro atoms. The molecule has 1 amide bonds. The minimum atomic E-state index is -0.789. The molecule has 0 saturated heterocycles. The molecule has 0 aromatic carbocycles. The third-order valence-electron chi connectivity index (χ3n) is 9.99. The Morgan fingerprint density at radius 3 is 1.45 bits per heavy atom. The molecule has 1 unspecified atom stereocenters. The van der Waals surface area contributed by atoms with Gasteiger partial charge in [0.25, 0.3) is 0 Å². The molecular formula is C46H86N2O7. The van der Waals surface area contributed by atoms with E-state index < -0.39 is 12.2 Å². The van der Waals surface area contributed by atoms with Crippen LogP contribution in [0, 0.1) is 0 Å². The van der Waals surface area contributed by atoms with Gasteiger partial charge >= 0.3 is 18.0 Å². The lowest BCUT2D eigenvalue weighted by molar-refractivity contribution is -0.158. The first-order valence-electron chi connectivity index (χ1n) is 22.9. The topological polar surface area (TPSA) is 114 Å². The zero-order chi connectivity index (χ0) is 40.3. The Bertz CT molecular complexity index is 926. The molecule has 0 aromatic heterocycles. The molecule has 2 N–H and O–H groups in total. The minimum absolute atomic E-state index is 0.00817. The fourth-order valence-electron chi connectivity index (χ4n) is 6.40. The summed E-state index contributed by atoms with van der Waals surface area (Å²) in [6.45, 7) is 8.34. The Balaban J connectivity index is 4.36. The van der Waals surface area contributed by atoms with Crippen LogP contribution in [0.25, 0.3) is 0 Å². The van der Waals surface area contributed by atoms with Gasteiger partial charge in [0.05, 0.1) is 13.2 Å². The number of nitrogens with zero attached hydrogens (tertiary/aromatic N) is 1. The number of carbonyl (C=O) groups excluding carboxylic acids is 3. The van der Waals surface area contributed by atoms with E-state index in [2.05, 4.69) is 43.5 Å². The van der Waals surface area contributed by atoms with Crippen molar-refractivity contribution in [3.63, 3.8) is 0 Å². The van der Waals surface area contributed by atoms with Gasteiger partial charge in [0.1, 0.15) is 13.2 Å². The molecule has 0 aliphatic heterocycles. The van der Waals surface area contributed by atoms with Crippen LogP contribution < -0.4 is 5.32 Å². The van der Waals surface area contributed by atoms with Crippen LogP contribution in [0.15, 0.2) is 24.3 Å². The molecule has 0 fully saturated rings. The van der Waals surface area contributed by atoms with Crippen molar-refractivity contribution in [1.82, 2.24) is 10.2 Å². The lowest BCUT2D eigenvalue weighted by Crippen LogP contribution is -2.39. The summed E-state index contributed by atoms with van der Waals surface area (Å²) in [6.07, 6.45) is 39.4. The van der Waals surface area contributed by atoms with Crippen molar-refractivity contribution in [2.45, 2.75) is 207 Å². The molecular weight excluding hydrogens is 693 g/mol. The van der Waals surface area contributed by atoms with Crippen molar-refractivity contribution < 1.29 is 33.7 Å². The van der Waals surface area contributed by atoms with Crippen molar-refractivity contribution in [2.24, 2.45) is 0 Å². The van der Waals surface area contributed by atoms with Gasteiger partial charge in [0.2, 0.25) is 0 Å². The molecule has 0 aliphatic carbocycles. The summed E-state index contributed by atoms with van der Waals surface area (Å²) >= 11 is 0. The number of nitrogens with one attached hydrogen (secondary N) is 1. The van der Waals surface area contributed by atoms with E-state index in [0.717, 1.165) is 70.8 Å². The molecule has 9 nitrogen and oxygen atoms in total. The van der Waals surface area contributed by atoms with Gasteiger partial charge in [-0.15, -0.1) is 0 Å². The zero-order valence-corrected chi connectivity index (χ0v) is 36.0. The second-order valence-electron chi connectivity index (χ2n) is 15.1. The van der Waals surface area contributed by atoms with Crippen molar-refractivity contribution in [2.75, 3.05) is 46.0 Å². The maximum absolute atomic E-state index is 12.7. The smallest absolute Gasteiger partial charge is 0.407 e. The van der Waals surface area contributed by atoms with Crippen LogP contribution in [0.2, 0.25) is 0 Å². The number of hydrogen-bond donors (Lipinski definition) is 2. The molecule has 0 aromatic rings. The number of alkyl carbamates (subject to hydrolysis) is 1. The van der Waals surface area contributed by atoms with Crippen molar-refractivity contribution in [3.05, 3.63) is 24.3 Å². The summed E-state index contributed by atoms with van der Waals surface area (Å²) in [5, 5.41) is 11.8. The lowest BCUT2D eigenvalue weighted by atomic mass is 10.1. The number of aliphatic hydroxyl groups excluding tert-OH is 1. The standard InChI is InChI=1S/C46H86N2O7/c1-4-7-9-11-13-15-17-19-21-23-25-27-29-31-33-35-44(50)54-42-43(41-47-46(52)53-40-38-48(6-3)37-39-49)55-45(51)36-34-32-30-28-26-24-22-20-18-16-14-12-10-8-5-2/h19-22,43,49H,4-18,23-42H2,1-3H3,(H,47,52). The van der Waals surface area contributed by atoms with E-state index in [1.807, 2.05) is 11.8 Å². The van der Waals surface area contributed by atoms with Crippen molar-refractivity contribution in [3.8, 4) is 0 Å². The molecule has 55 heavy (non-hydrogen) atoms. The zero-order valence-electron chi connectivity index (χ0n) is 36.0. The second-order valence-corrected chi connectivity index (χ2v) is 15.1. The van der Waals surface area contributed by atoms with Crippen molar-refractivity contribution in [1.29, 1.82) is 0 Å². The minimum Gasteiger partial charge on any atom is -0.462 e. The maximum Gasteiger partial charge on any atom is 0.407 e. The first-order chi connectivity index (χ1) is 27.0. The molecule has 1 atom stereocenters. The SMILES string of the molecule is CCCCCCCCC=CCCCCCCCC(=O)OCC(CNC(=O)OCCN(CC)CCO)OC(=O)CCCCCCCC=CCCCCCCCC. The first-order valence-corrected chi connectivity index (χ1v) is 22.9. The third-order valence-corrected chi connectivity index (χ3v) is 9.99. The van der Waals surface area contributed by atoms with Gasteiger partial charge in [-0.2, -0.15) is 0 Å². The molecule has 0 aliphatic rings. The molecule has 0 bridgehead atoms. The average Bonchev–Trinajstić information content (AvgIpc) is 3.18. The molecule has 322 valence electrons. The quantitative estimate of drug-likeness (QED) is 0.0273. The Morgan fingerprint density at radius 1 is 0.564 bits per heavy atom. The fraction of sp³-hybridized carbons (Fsp3) is 0.848. The lowest BCUT2D eigenvalue weighted by Gasteiger charge is -2.20. The second kappa shape index (κ2) is 42.7. The summed E-state index contributed by atoms with van der Waals surface area (Å²) in [7, 11) is 0. The van der Waals surface area contributed by atoms with Gasteiger partial charge in [-0.05, 0) is 70.8 Å². The summed E-state index contributed by atoms with van der Waals surface area (Å²) in [5.41, 5.74) is 0. The number of amides is 1. The number of ether oxygens (including phenoxy) is 3. The predicted molar refractivity (Wildman–Crippen MR) is 228 cm³/mol. The Labute approximate surface area is 338 Å². The van der Waals surface area contributed by atoms with Gasteiger partial charge < -0.3 is 24.6 Å². The predicted octanol–water partition coefficient (Wildman–Crippen LogP) is 11.6. The van der Waals surface area contributed by atoms with Gasteiger partial charge in [0.15, 0.2) is 6.10 Å². The fourth-order valence-corrected chi connectivity index (χ4v) is 6.40. The van der Waals surface area contributed by atoms with Crippen LogP contribution in [-0.2, 0) is 23.8 Å². The van der Waals surface area contributed by atoms with Gasteiger partial charge in [-0.1, -0.05) is 148 Å². The summed E-state index contributed by atoms with van der Waals surface area (Å²) in [4.78, 5) is 39.5. The molecule has 0 heterocycles. The number of allylic oxidation sites excluding steroid dienone is 4. The van der Waals surface area contributed by atoms with Crippen LogP contribution in [0.3, 0.4) is 0 Å². The molecule has 0 radical (unpaired) electrons. The number of rotatable bonds is 41. The molecule has 0 rings (SSSR count). The summed E-state index contributed by atoms with van der Waals surface area (Å²) in [6, 6.07) is 0. The van der Waals surface area contributed by atoms with E-state index in [9.17, 15) is 14.4 Å². The van der Waals surface area contributed by atoms with Gasteiger partial charge in [-0.3, -0.25) is 14.5 Å². The Kier molecular flexibility index (Phi) is 40.9. The Morgan fingerprint density at radius 2 is 1.00 bits per heavy atom. The summed E-state index contributed by atoms with van der Waals surface area (Å²) < 4.78 is 16.4. The van der Waals surface area contributed by atoms with Crippen molar-refractivity contribution >= 4 is 18.0 Å². The number of likely N-dealkylation sites (N-methyl/N-ethyl adjacent to an activating group) is 1. The molecule has 0 saturated carbocycles. The maximum atomic E-state index is 12.7. The Hall–Kier alpha value is -2.39. The third kappa shape index (κ3) is 39.6. The van der Waals surface area contributed by atoms with Gasteiger partial charge in [0, 0.05) is 25.9 Å². The number of esters is 2. The van der Waals surface area contributed by atoms with E-state index in [4.69, 9.17) is 19.3 Å². The normalized spacial score (nSPS) is 12.2. The van der Waals surface area contributed by atoms with Crippen LogP contribution in [0.1, 0.15) is 201 Å².